The molecule has 0 bridgehead atoms. The third-order valence-electron chi connectivity index (χ3n) is 4.11. The van der Waals surface area contributed by atoms with Gasteiger partial charge in [0.1, 0.15) is 11.6 Å². The maximum Gasteiger partial charge on any atom is 0.266 e. The largest absolute Gasteiger partial charge is 0.508 e. The van der Waals surface area contributed by atoms with Crippen molar-refractivity contribution < 1.29 is 5.11 Å². The zero-order valence-corrected chi connectivity index (χ0v) is 13.9. The lowest BCUT2D eigenvalue weighted by Gasteiger charge is -2.11. The zero-order valence-electron chi connectivity index (χ0n) is 13.9. The van der Waals surface area contributed by atoms with E-state index in [0.717, 1.165) is 11.3 Å². The van der Waals surface area contributed by atoms with E-state index in [2.05, 4.69) is 4.98 Å². The molecule has 0 fully saturated rings. The van der Waals surface area contributed by atoms with Crippen molar-refractivity contribution >= 4 is 23.1 Å². The lowest BCUT2D eigenvalue weighted by Crippen LogP contribution is -2.22. The van der Waals surface area contributed by atoms with E-state index in [1.54, 1.807) is 34.9 Å². The molecule has 0 aliphatic rings. The molecule has 0 aliphatic heterocycles. The Balaban J connectivity index is 1.94. The van der Waals surface area contributed by atoms with Crippen LogP contribution in [-0.4, -0.2) is 14.7 Å². The number of aromatic hydroxyl groups is 1. The average Bonchev–Trinajstić information content (AvgIpc) is 2.67. The molecule has 0 radical (unpaired) electrons. The van der Waals surface area contributed by atoms with Crippen molar-refractivity contribution in [3.05, 3.63) is 101 Å². The molecule has 0 amide bonds. The van der Waals surface area contributed by atoms with Crippen LogP contribution in [0, 0.1) is 0 Å². The predicted molar refractivity (Wildman–Crippen MR) is 104 cm³/mol. The summed E-state index contributed by atoms with van der Waals surface area (Å²) < 4.78 is 1.60. The first-order chi connectivity index (χ1) is 12.7. The van der Waals surface area contributed by atoms with Gasteiger partial charge in [0.25, 0.3) is 5.56 Å². The van der Waals surface area contributed by atoms with Gasteiger partial charge >= 0.3 is 0 Å². The Kier molecular flexibility index (Phi) is 4.07. The third-order valence-corrected chi connectivity index (χ3v) is 4.11. The summed E-state index contributed by atoms with van der Waals surface area (Å²) in [7, 11) is 0. The molecule has 0 spiro atoms. The van der Waals surface area contributed by atoms with Crippen molar-refractivity contribution in [1.82, 2.24) is 9.55 Å². The Bertz CT molecular complexity index is 1160. The van der Waals surface area contributed by atoms with Gasteiger partial charge in [-0.05, 0) is 48.0 Å². The van der Waals surface area contributed by atoms with Gasteiger partial charge in [0, 0.05) is 0 Å². The van der Waals surface area contributed by atoms with Crippen LogP contribution in [0.25, 0.3) is 28.7 Å². The number of benzene rings is 3. The number of hydrogen-bond donors (Lipinski definition) is 1. The zero-order chi connectivity index (χ0) is 17.9. The second-order valence-electron chi connectivity index (χ2n) is 5.89. The Hall–Kier alpha value is -3.66. The Morgan fingerprint density at radius 2 is 1.62 bits per heavy atom. The van der Waals surface area contributed by atoms with Crippen LogP contribution in [0.4, 0.5) is 0 Å². The molecule has 1 N–H and O–H groups in total. The van der Waals surface area contributed by atoms with Crippen LogP contribution in [0.1, 0.15) is 11.4 Å². The smallest absolute Gasteiger partial charge is 0.266 e. The summed E-state index contributed by atoms with van der Waals surface area (Å²) in [6.45, 7) is 0. The molecule has 4 aromatic rings. The van der Waals surface area contributed by atoms with E-state index in [9.17, 15) is 9.90 Å². The number of nitrogens with zero attached hydrogens (tertiary/aromatic N) is 2. The molecule has 0 saturated heterocycles. The van der Waals surface area contributed by atoms with Gasteiger partial charge in [-0.25, -0.2) is 4.98 Å². The van der Waals surface area contributed by atoms with E-state index in [0.29, 0.717) is 16.7 Å². The number of rotatable bonds is 3. The minimum Gasteiger partial charge on any atom is -0.508 e. The molecular weight excluding hydrogens is 324 g/mol. The fourth-order valence-electron chi connectivity index (χ4n) is 2.89. The first-order valence-corrected chi connectivity index (χ1v) is 8.27. The van der Waals surface area contributed by atoms with Gasteiger partial charge in [0.15, 0.2) is 0 Å². The number of phenolic OH excluding ortho intramolecular Hbond substituents is 1. The van der Waals surface area contributed by atoms with Gasteiger partial charge in [-0.15, -0.1) is 0 Å². The molecule has 3 aromatic carbocycles. The summed E-state index contributed by atoms with van der Waals surface area (Å²) in [5, 5.41) is 10.2. The van der Waals surface area contributed by atoms with Crippen molar-refractivity contribution in [2.24, 2.45) is 0 Å². The quantitative estimate of drug-likeness (QED) is 0.606. The molecule has 1 aromatic heterocycles. The van der Waals surface area contributed by atoms with Gasteiger partial charge in [0.05, 0.1) is 16.6 Å². The normalized spacial score (nSPS) is 11.2. The third kappa shape index (κ3) is 3.00. The van der Waals surface area contributed by atoms with Crippen molar-refractivity contribution in [1.29, 1.82) is 0 Å². The summed E-state index contributed by atoms with van der Waals surface area (Å²) in [5.41, 5.74) is 2.12. The van der Waals surface area contributed by atoms with Crippen LogP contribution in [0.5, 0.6) is 5.75 Å². The molecule has 26 heavy (non-hydrogen) atoms. The van der Waals surface area contributed by atoms with E-state index < -0.39 is 0 Å². The van der Waals surface area contributed by atoms with Crippen molar-refractivity contribution in [2.75, 3.05) is 0 Å². The van der Waals surface area contributed by atoms with Crippen LogP contribution >= 0.6 is 0 Å². The maximum absolute atomic E-state index is 13.1. The topological polar surface area (TPSA) is 55.1 Å². The van der Waals surface area contributed by atoms with Crippen LogP contribution in [0.15, 0.2) is 83.7 Å². The van der Waals surface area contributed by atoms with Crippen molar-refractivity contribution in [3.8, 4) is 11.4 Å². The summed E-state index contributed by atoms with van der Waals surface area (Å²) in [5.74, 6) is 0.724. The Labute approximate surface area is 150 Å². The molecule has 0 aliphatic carbocycles. The molecule has 1 heterocycles. The molecular formula is C22H16N2O2. The second kappa shape index (κ2) is 6.69. The number of hydrogen-bond acceptors (Lipinski definition) is 3. The Morgan fingerprint density at radius 3 is 2.42 bits per heavy atom. The van der Waals surface area contributed by atoms with Gasteiger partial charge in [-0.2, -0.15) is 0 Å². The van der Waals surface area contributed by atoms with Gasteiger partial charge < -0.3 is 5.11 Å². The predicted octanol–water partition coefficient (Wildman–Crippen LogP) is 4.26. The van der Waals surface area contributed by atoms with E-state index >= 15 is 0 Å². The fourth-order valence-corrected chi connectivity index (χ4v) is 2.89. The molecule has 0 atom stereocenters. The lowest BCUT2D eigenvalue weighted by atomic mass is 10.2. The Morgan fingerprint density at radius 1 is 0.846 bits per heavy atom. The van der Waals surface area contributed by atoms with Gasteiger partial charge in [0.2, 0.25) is 0 Å². The van der Waals surface area contributed by atoms with Gasteiger partial charge in [-0.3, -0.25) is 9.36 Å². The summed E-state index contributed by atoms with van der Waals surface area (Å²) in [6, 6.07) is 23.7. The maximum atomic E-state index is 13.1. The van der Waals surface area contributed by atoms with Crippen molar-refractivity contribution in [3.63, 3.8) is 0 Å². The minimum absolute atomic E-state index is 0.114. The molecule has 4 nitrogen and oxygen atoms in total. The minimum atomic E-state index is -0.114. The van der Waals surface area contributed by atoms with E-state index in [1.807, 2.05) is 60.7 Å². The van der Waals surface area contributed by atoms with E-state index in [4.69, 9.17) is 0 Å². The number of fused-ring (bicyclic) bond motifs is 1. The van der Waals surface area contributed by atoms with Crippen LogP contribution in [-0.2, 0) is 0 Å². The highest BCUT2D eigenvalue weighted by Crippen LogP contribution is 2.17. The number of phenols is 1. The van der Waals surface area contributed by atoms with Crippen LogP contribution in [0.3, 0.4) is 0 Å². The first-order valence-electron chi connectivity index (χ1n) is 8.27. The standard InChI is InChI=1S/C22H16N2O2/c25-18-10-6-7-16(15-18)13-14-21-23-20-12-5-4-11-19(20)22(26)24(21)17-8-2-1-3-9-17/h1-15,25H/b14-13+. The second-order valence-corrected chi connectivity index (χ2v) is 5.89. The highest BCUT2D eigenvalue weighted by molar-refractivity contribution is 5.80. The van der Waals surface area contributed by atoms with Gasteiger partial charge in [-0.1, -0.05) is 48.5 Å². The van der Waals surface area contributed by atoms with Crippen molar-refractivity contribution in [2.45, 2.75) is 0 Å². The molecule has 0 saturated carbocycles. The average molecular weight is 340 g/mol. The molecule has 0 unspecified atom stereocenters. The summed E-state index contributed by atoms with van der Waals surface area (Å²) >= 11 is 0. The first kappa shape index (κ1) is 15.8. The summed E-state index contributed by atoms with van der Waals surface area (Å²) in [4.78, 5) is 17.7. The number of para-hydroxylation sites is 2. The highest BCUT2D eigenvalue weighted by atomic mass is 16.3. The van der Waals surface area contributed by atoms with Crippen LogP contribution < -0.4 is 5.56 Å². The summed E-state index contributed by atoms with van der Waals surface area (Å²) in [6.07, 6.45) is 3.62. The molecule has 4 heteroatoms. The monoisotopic (exact) mass is 340 g/mol. The fraction of sp³-hybridized carbons (Fsp3) is 0. The van der Waals surface area contributed by atoms with E-state index in [-0.39, 0.29) is 11.3 Å². The lowest BCUT2D eigenvalue weighted by molar-refractivity contribution is 0.475. The van der Waals surface area contributed by atoms with E-state index in [1.165, 1.54) is 0 Å². The molecule has 4 rings (SSSR count). The highest BCUT2D eigenvalue weighted by Gasteiger charge is 2.10. The SMILES string of the molecule is O=c1c2ccccc2nc(/C=C/c2cccc(O)c2)n1-c1ccccc1. The molecule has 126 valence electrons. The number of aromatic nitrogens is 2. The van der Waals surface area contributed by atoms with Crippen LogP contribution in [0.2, 0.25) is 0 Å².